The molecule has 16 heavy (non-hydrogen) atoms. The van der Waals surface area contributed by atoms with Crippen LogP contribution in [0.15, 0.2) is 36.5 Å². The van der Waals surface area contributed by atoms with Crippen molar-refractivity contribution in [2.45, 2.75) is 32.1 Å². The van der Waals surface area contributed by atoms with E-state index in [0.29, 0.717) is 18.0 Å². The first kappa shape index (κ1) is 11.1. The van der Waals surface area contributed by atoms with Gasteiger partial charge in [-0.2, -0.15) is 0 Å². The Kier molecular flexibility index (Phi) is 3.86. The number of ketones is 1. The van der Waals surface area contributed by atoms with Crippen LogP contribution in [0, 0.1) is 5.92 Å². The van der Waals surface area contributed by atoms with E-state index in [2.05, 4.69) is 17.1 Å². The van der Waals surface area contributed by atoms with Crippen LogP contribution in [0.1, 0.15) is 42.6 Å². The van der Waals surface area contributed by atoms with Crippen molar-refractivity contribution in [3.05, 3.63) is 42.2 Å². The second-order valence-corrected chi connectivity index (χ2v) is 4.30. The smallest absolute Gasteiger partial charge is 0.181 e. The van der Waals surface area contributed by atoms with Crippen molar-refractivity contribution in [2.24, 2.45) is 5.92 Å². The zero-order valence-corrected chi connectivity index (χ0v) is 9.43. The fourth-order valence-corrected chi connectivity index (χ4v) is 2.10. The SMILES string of the molecule is O=C(CCC1C=CCCC1)c1ccccn1. The maximum atomic E-state index is 11.8. The van der Waals surface area contributed by atoms with Crippen LogP contribution in [0.3, 0.4) is 0 Å². The average molecular weight is 215 g/mol. The maximum absolute atomic E-state index is 11.8. The van der Waals surface area contributed by atoms with E-state index in [1.807, 2.05) is 12.1 Å². The summed E-state index contributed by atoms with van der Waals surface area (Å²) in [5.41, 5.74) is 0.599. The van der Waals surface area contributed by atoms with Crippen LogP contribution < -0.4 is 0 Å². The summed E-state index contributed by atoms with van der Waals surface area (Å²) in [6.07, 6.45) is 11.4. The summed E-state index contributed by atoms with van der Waals surface area (Å²) in [5.74, 6) is 0.765. The van der Waals surface area contributed by atoms with Crippen molar-refractivity contribution in [3.63, 3.8) is 0 Å². The van der Waals surface area contributed by atoms with Crippen molar-refractivity contribution in [3.8, 4) is 0 Å². The highest BCUT2D eigenvalue weighted by atomic mass is 16.1. The van der Waals surface area contributed by atoms with E-state index in [-0.39, 0.29) is 5.78 Å². The standard InChI is InChI=1S/C14H17NO/c16-14(13-8-4-5-11-15-13)10-9-12-6-2-1-3-7-12/h2,4-6,8,11-12H,1,3,7,9-10H2. The zero-order chi connectivity index (χ0) is 11.2. The molecule has 0 radical (unpaired) electrons. The summed E-state index contributed by atoms with van der Waals surface area (Å²) in [6.45, 7) is 0. The van der Waals surface area contributed by atoms with Gasteiger partial charge in [-0.1, -0.05) is 18.2 Å². The molecule has 0 fully saturated rings. The Morgan fingerprint density at radius 1 is 1.44 bits per heavy atom. The van der Waals surface area contributed by atoms with Gasteiger partial charge < -0.3 is 0 Å². The fourth-order valence-electron chi connectivity index (χ4n) is 2.10. The van der Waals surface area contributed by atoms with Crippen molar-refractivity contribution >= 4 is 5.78 Å². The lowest BCUT2D eigenvalue weighted by molar-refractivity contribution is 0.0970. The number of pyridine rings is 1. The number of rotatable bonds is 4. The van der Waals surface area contributed by atoms with Crippen LogP contribution in [-0.4, -0.2) is 10.8 Å². The third-order valence-electron chi connectivity index (χ3n) is 3.05. The van der Waals surface area contributed by atoms with Crippen LogP contribution in [0.2, 0.25) is 0 Å². The van der Waals surface area contributed by atoms with Crippen LogP contribution in [0.5, 0.6) is 0 Å². The van der Waals surface area contributed by atoms with Gasteiger partial charge in [0.25, 0.3) is 0 Å². The molecule has 1 unspecified atom stereocenters. The van der Waals surface area contributed by atoms with E-state index in [1.165, 1.54) is 19.3 Å². The number of allylic oxidation sites excluding steroid dienone is 2. The van der Waals surface area contributed by atoms with Crippen LogP contribution in [0.25, 0.3) is 0 Å². The number of hydrogen-bond donors (Lipinski definition) is 0. The summed E-state index contributed by atoms with van der Waals surface area (Å²) in [6, 6.07) is 5.49. The number of aromatic nitrogens is 1. The first-order valence-electron chi connectivity index (χ1n) is 5.97. The second-order valence-electron chi connectivity index (χ2n) is 4.30. The van der Waals surface area contributed by atoms with Gasteiger partial charge in [0.1, 0.15) is 5.69 Å². The summed E-state index contributed by atoms with van der Waals surface area (Å²) >= 11 is 0. The number of carbonyl (C=O) groups excluding carboxylic acids is 1. The van der Waals surface area contributed by atoms with Crippen LogP contribution in [-0.2, 0) is 0 Å². The largest absolute Gasteiger partial charge is 0.292 e. The maximum Gasteiger partial charge on any atom is 0.181 e. The third kappa shape index (κ3) is 3.02. The molecule has 0 spiro atoms. The minimum atomic E-state index is 0.166. The predicted molar refractivity (Wildman–Crippen MR) is 64.3 cm³/mol. The molecule has 0 saturated carbocycles. The van der Waals surface area contributed by atoms with E-state index in [9.17, 15) is 4.79 Å². The lowest BCUT2D eigenvalue weighted by Crippen LogP contribution is -2.06. The first-order chi connectivity index (χ1) is 7.86. The molecule has 0 aliphatic heterocycles. The van der Waals surface area contributed by atoms with E-state index in [1.54, 1.807) is 12.3 Å². The normalized spacial score (nSPS) is 19.6. The fraction of sp³-hybridized carbons (Fsp3) is 0.429. The highest BCUT2D eigenvalue weighted by molar-refractivity contribution is 5.94. The zero-order valence-electron chi connectivity index (χ0n) is 9.43. The van der Waals surface area contributed by atoms with Gasteiger partial charge >= 0.3 is 0 Å². The van der Waals surface area contributed by atoms with E-state index in [0.717, 1.165) is 6.42 Å². The molecule has 0 amide bonds. The third-order valence-corrected chi connectivity index (χ3v) is 3.05. The molecule has 0 saturated heterocycles. The molecule has 1 heterocycles. The minimum absolute atomic E-state index is 0.166. The summed E-state index contributed by atoms with van der Waals surface area (Å²) < 4.78 is 0. The Morgan fingerprint density at radius 3 is 3.06 bits per heavy atom. The Balaban J connectivity index is 1.84. The molecule has 1 aliphatic rings. The van der Waals surface area contributed by atoms with Gasteiger partial charge in [-0.3, -0.25) is 9.78 Å². The van der Waals surface area contributed by atoms with Gasteiger partial charge in [-0.15, -0.1) is 0 Å². The van der Waals surface area contributed by atoms with Crippen molar-refractivity contribution < 1.29 is 4.79 Å². The van der Waals surface area contributed by atoms with Gasteiger partial charge in [0, 0.05) is 12.6 Å². The molecular weight excluding hydrogens is 198 g/mol. The number of Topliss-reactive ketones (excluding diaryl/α,β-unsaturated/α-hetero) is 1. The van der Waals surface area contributed by atoms with Crippen LogP contribution >= 0.6 is 0 Å². The molecule has 2 heteroatoms. The molecule has 2 rings (SSSR count). The molecule has 0 N–H and O–H groups in total. The Bertz CT molecular complexity index is 370. The number of nitrogens with zero attached hydrogens (tertiary/aromatic N) is 1. The summed E-state index contributed by atoms with van der Waals surface area (Å²) in [4.78, 5) is 15.9. The Hall–Kier alpha value is -1.44. The topological polar surface area (TPSA) is 30.0 Å². The Labute approximate surface area is 96.4 Å². The van der Waals surface area contributed by atoms with Crippen LogP contribution in [0.4, 0.5) is 0 Å². The Morgan fingerprint density at radius 2 is 2.38 bits per heavy atom. The first-order valence-corrected chi connectivity index (χ1v) is 5.97. The van der Waals surface area contributed by atoms with E-state index < -0.39 is 0 Å². The second kappa shape index (κ2) is 5.59. The number of hydrogen-bond acceptors (Lipinski definition) is 2. The number of carbonyl (C=O) groups is 1. The molecule has 1 aromatic rings. The van der Waals surface area contributed by atoms with Crippen molar-refractivity contribution in [1.29, 1.82) is 0 Å². The molecule has 0 bridgehead atoms. The van der Waals surface area contributed by atoms with Crippen molar-refractivity contribution in [2.75, 3.05) is 0 Å². The summed E-state index contributed by atoms with van der Waals surface area (Å²) in [5, 5.41) is 0. The average Bonchev–Trinajstić information content (AvgIpc) is 2.38. The predicted octanol–water partition coefficient (Wildman–Crippen LogP) is 3.40. The summed E-state index contributed by atoms with van der Waals surface area (Å²) in [7, 11) is 0. The molecule has 1 atom stereocenters. The molecular formula is C14H17NO. The highest BCUT2D eigenvalue weighted by Crippen LogP contribution is 2.22. The lowest BCUT2D eigenvalue weighted by atomic mass is 9.91. The minimum Gasteiger partial charge on any atom is -0.292 e. The monoisotopic (exact) mass is 215 g/mol. The van der Waals surface area contributed by atoms with E-state index in [4.69, 9.17) is 0 Å². The van der Waals surface area contributed by atoms with Gasteiger partial charge in [-0.25, -0.2) is 0 Å². The van der Waals surface area contributed by atoms with Gasteiger partial charge in [-0.05, 0) is 43.7 Å². The molecule has 84 valence electrons. The lowest BCUT2D eigenvalue weighted by Gasteiger charge is -2.15. The van der Waals surface area contributed by atoms with E-state index >= 15 is 0 Å². The van der Waals surface area contributed by atoms with Gasteiger partial charge in [0.05, 0.1) is 0 Å². The van der Waals surface area contributed by atoms with Gasteiger partial charge in [0.2, 0.25) is 0 Å². The van der Waals surface area contributed by atoms with Crippen molar-refractivity contribution in [1.82, 2.24) is 4.98 Å². The quantitative estimate of drug-likeness (QED) is 0.569. The highest BCUT2D eigenvalue weighted by Gasteiger charge is 2.12. The van der Waals surface area contributed by atoms with Gasteiger partial charge in [0.15, 0.2) is 5.78 Å². The molecule has 2 nitrogen and oxygen atoms in total. The molecule has 1 aliphatic carbocycles. The molecule has 1 aromatic heterocycles. The molecule has 0 aromatic carbocycles.